The van der Waals surface area contributed by atoms with Crippen molar-refractivity contribution in [1.82, 2.24) is 10.4 Å². The third-order valence-corrected chi connectivity index (χ3v) is 1.72. The number of carbonyl (C=O) groups is 1. The number of rotatable bonds is 4. The molecule has 0 aromatic carbocycles. The number of nitrogens with zero attached hydrogens (tertiary/aromatic N) is 1. The number of nitrogens with one attached hydrogen (secondary N) is 1. The zero-order chi connectivity index (χ0) is 8.81. The Kier molecular flexibility index (Phi) is 3.99. The number of hydrogen-bond donors (Lipinski definition) is 2. The van der Waals surface area contributed by atoms with Crippen LogP contribution in [0.15, 0.2) is 0 Å². The fourth-order valence-electron chi connectivity index (χ4n) is 1.06. The molecular weight excluding hydrogens is 158 g/mol. The van der Waals surface area contributed by atoms with E-state index in [9.17, 15) is 4.79 Å². The molecule has 0 aromatic heterocycles. The predicted molar refractivity (Wildman–Crippen MR) is 44.2 cm³/mol. The van der Waals surface area contributed by atoms with Crippen LogP contribution in [0.3, 0.4) is 0 Å². The molecule has 0 saturated carbocycles. The normalized spacial score (nSPS) is 19.3. The van der Waals surface area contributed by atoms with Crippen molar-refractivity contribution in [2.75, 3.05) is 32.8 Å². The summed E-state index contributed by atoms with van der Waals surface area (Å²) >= 11 is 0. The highest BCUT2D eigenvalue weighted by atomic mass is 16.5. The van der Waals surface area contributed by atoms with Gasteiger partial charge in [-0.05, 0) is 0 Å². The van der Waals surface area contributed by atoms with Gasteiger partial charge in [0, 0.05) is 26.1 Å². The number of carbonyl (C=O) groups excluding carboxylic acids is 1. The van der Waals surface area contributed by atoms with Crippen molar-refractivity contribution >= 4 is 5.91 Å². The molecule has 0 unspecified atom stereocenters. The molecule has 5 heteroatoms. The van der Waals surface area contributed by atoms with Gasteiger partial charge in [0.15, 0.2) is 0 Å². The van der Waals surface area contributed by atoms with Crippen molar-refractivity contribution in [1.29, 1.82) is 0 Å². The first-order valence-corrected chi connectivity index (χ1v) is 4.13. The number of ether oxygens (including phenoxy) is 1. The Morgan fingerprint density at radius 2 is 2.17 bits per heavy atom. The van der Waals surface area contributed by atoms with Crippen molar-refractivity contribution in [2.45, 2.75) is 6.42 Å². The van der Waals surface area contributed by atoms with Gasteiger partial charge in [-0.3, -0.25) is 10.2 Å². The number of nitrogens with two attached hydrogens (primary N) is 1. The van der Waals surface area contributed by atoms with E-state index in [1.807, 2.05) is 5.01 Å². The molecule has 70 valence electrons. The molecule has 0 atom stereocenters. The van der Waals surface area contributed by atoms with E-state index in [0.29, 0.717) is 13.0 Å². The average Bonchev–Trinajstić information content (AvgIpc) is 2.05. The van der Waals surface area contributed by atoms with E-state index >= 15 is 0 Å². The number of hydrogen-bond acceptors (Lipinski definition) is 4. The van der Waals surface area contributed by atoms with Crippen molar-refractivity contribution in [2.24, 2.45) is 5.73 Å². The van der Waals surface area contributed by atoms with Gasteiger partial charge in [-0.25, -0.2) is 5.01 Å². The lowest BCUT2D eigenvalue weighted by molar-refractivity contribution is -0.118. The summed E-state index contributed by atoms with van der Waals surface area (Å²) in [4.78, 5) is 10.4. The van der Waals surface area contributed by atoms with Crippen LogP contribution in [0.4, 0.5) is 0 Å². The second-order valence-corrected chi connectivity index (χ2v) is 2.72. The van der Waals surface area contributed by atoms with Gasteiger partial charge < -0.3 is 10.5 Å². The van der Waals surface area contributed by atoms with E-state index in [0.717, 1.165) is 26.3 Å². The van der Waals surface area contributed by atoms with E-state index < -0.39 is 0 Å². The average molecular weight is 173 g/mol. The fourth-order valence-corrected chi connectivity index (χ4v) is 1.06. The summed E-state index contributed by atoms with van der Waals surface area (Å²) in [5.41, 5.74) is 8.09. The minimum absolute atomic E-state index is 0.268. The highest BCUT2D eigenvalue weighted by Gasteiger charge is 2.08. The predicted octanol–water partition coefficient (Wildman–Crippen LogP) is -1.30. The Morgan fingerprint density at radius 1 is 1.50 bits per heavy atom. The molecule has 0 radical (unpaired) electrons. The van der Waals surface area contributed by atoms with Crippen LogP contribution in [-0.4, -0.2) is 43.8 Å². The lowest BCUT2D eigenvalue weighted by atomic mass is 10.4. The molecular formula is C7H15N3O2. The van der Waals surface area contributed by atoms with Gasteiger partial charge in [-0.2, -0.15) is 0 Å². The van der Waals surface area contributed by atoms with E-state index in [1.54, 1.807) is 0 Å². The maximum Gasteiger partial charge on any atom is 0.218 e. The monoisotopic (exact) mass is 173 g/mol. The first-order valence-electron chi connectivity index (χ1n) is 4.13. The fraction of sp³-hybridized carbons (Fsp3) is 0.857. The third-order valence-electron chi connectivity index (χ3n) is 1.72. The summed E-state index contributed by atoms with van der Waals surface area (Å²) in [6, 6.07) is 0. The van der Waals surface area contributed by atoms with E-state index in [-0.39, 0.29) is 5.91 Å². The number of amides is 1. The molecule has 1 fully saturated rings. The van der Waals surface area contributed by atoms with Crippen molar-refractivity contribution in [3.63, 3.8) is 0 Å². The Hall–Kier alpha value is -0.650. The highest BCUT2D eigenvalue weighted by Crippen LogP contribution is 1.91. The zero-order valence-electron chi connectivity index (χ0n) is 7.08. The number of primary amides is 1. The summed E-state index contributed by atoms with van der Waals surface area (Å²) in [6.07, 6.45) is 0.386. The van der Waals surface area contributed by atoms with E-state index in [4.69, 9.17) is 10.5 Å². The molecule has 1 heterocycles. The molecule has 3 N–H and O–H groups in total. The van der Waals surface area contributed by atoms with Gasteiger partial charge in [0.05, 0.1) is 13.2 Å². The zero-order valence-corrected chi connectivity index (χ0v) is 7.08. The Balaban J connectivity index is 2.01. The Morgan fingerprint density at radius 3 is 2.75 bits per heavy atom. The molecule has 1 amide bonds. The Labute approximate surface area is 71.8 Å². The molecule has 1 aliphatic heterocycles. The molecule has 0 aliphatic carbocycles. The van der Waals surface area contributed by atoms with Crippen molar-refractivity contribution in [3.8, 4) is 0 Å². The summed E-state index contributed by atoms with van der Waals surface area (Å²) in [5.74, 6) is -0.268. The first kappa shape index (κ1) is 9.44. The van der Waals surface area contributed by atoms with E-state index in [2.05, 4.69) is 5.43 Å². The quantitative estimate of drug-likeness (QED) is 0.554. The lowest BCUT2D eigenvalue weighted by Gasteiger charge is -2.26. The number of morpholine rings is 1. The minimum Gasteiger partial charge on any atom is -0.379 e. The molecule has 5 nitrogen and oxygen atoms in total. The van der Waals surface area contributed by atoms with Gasteiger partial charge in [-0.1, -0.05) is 0 Å². The summed E-state index contributed by atoms with van der Waals surface area (Å²) < 4.78 is 5.15. The maximum atomic E-state index is 10.4. The molecule has 1 saturated heterocycles. The van der Waals surface area contributed by atoms with Gasteiger partial charge >= 0.3 is 0 Å². The molecule has 0 spiro atoms. The van der Waals surface area contributed by atoms with Crippen LogP contribution in [0.1, 0.15) is 6.42 Å². The summed E-state index contributed by atoms with van der Waals surface area (Å²) in [5, 5.41) is 2.05. The van der Waals surface area contributed by atoms with Crippen LogP contribution < -0.4 is 11.2 Å². The maximum absolute atomic E-state index is 10.4. The second kappa shape index (κ2) is 5.08. The topological polar surface area (TPSA) is 67.6 Å². The lowest BCUT2D eigenvalue weighted by Crippen LogP contribution is -2.46. The summed E-state index contributed by atoms with van der Waals surface area (Å²) in [7, 11) is 0. The minimum atomic E-state index is -0.268. The van der Waals surface area contributed by atoms with Crippen LogP contribution >= 0.6 is 0 Å². The SMILES string of the molecule is NC(=O)CCNN1CCOCC1. The van der Waals surface area contributed by atoms with Crippen LogP contribution in [0.5, 0.6) is 0 Å². The molecule has 1 aliphatic rings. The standard InChI is InChI=1S/C7H15N3O2/c8-7(11)1-2-9-10-3-5-12-6-4-10/h9H,1-6H2,(H2,8,11). The number of hydrazine groups is 1. The molecule has 12 heavy (non-hydrogen) atoms. The molecule has 0 bridgehead atoms. The Bertz CT molecular complexity index is 146. The highest BCUT2D eigenvalue weighted by molar-refractivity contribution is 5.73. The molecule has 0 aromatic rings. The van der Waals surface area contributed by atoms with Gasteiger partial charge in [0.2, 0.25) is 5.91 Å². The van der Waals surface area contributed by atoms with Crippen LogP contribution in [0.2, 0.25) is 0 Å². The largest absolute Gasteiger partial charge is 0.379 e. The van der Waals surface area contributed by atoms with Gasteiger partial charge in [-0.15, -0.1) is 0 Å². The van der Waals surface area contributed by atoms with Gasteiger partial charge in [0.1, 0.15) is 0 Å². The summed E-state index contributed by atoms with van der Waals surface area (Å²) in [6.45, 7) is 3.88. The molecule has 1 rings (SSSR count). The van der Waals surface area contributed by atoms with Crippen LogP contribution in [0.25, 0.3) is 0 Å². The van der Waals surface area contributed by atoms with Crippen molar-refractivity contribution in [3.05, 3.63) is 0 Å². The van der Waals surface area contributed by atoms with Gasteiger partial charge in [0.25, 0.3) is 0 Å². The van der Waals surface area contributed by atoms with Crippen molar-refractivity contribution < 1.29 is 9.53 Å². The van der Waals surface area contributed by atoms with E-state index in [1.165, 1.54) is 0 Å². The second-order valence-electron chi connectivity index (χ2n) is 2.72. The smallest absolute Gasteiger partial charge is 0.218 e. The van der Waals surface area contributed by atoms with Crippen LogP contribution in [0, 0.1) is 0 Å². The third kappa shape index (κ3) is 3.66. The first-order chi connectivity index (χ1) is 5.79. The van der Waals surface area contributed by atoms with Crippen LogP contribution in [-0.2, 0) is 9.53 Å².